The Labute approximate surface area is 106 Å². The van der Waals surface area contributed by atoms with Crippen LogP contribution in [0, 0.1) is 17.8 Å². The number of amides is 1. The Morgan fingerprint density at radius 3 is 2.94 bits per heavy atom. The zero-order valence-corrected chi connectivity index (χ0v) is 10.1. The molecule has 1 aliphatic heterocycles. The number of hydrogen-bond donors (Lipinski definition) is 4. The van der Waals surface area contributed by atoms with E-state index >= 15 is 0 Å². The molecule has 1 heterocycles. The monoisotopic (exact) mass is 253 g/mol. The van der Waals surface area contributed by atoms with Crippen molar-refractivity contribution in [2.75, 3.05) is 6.54 Å². The highest BCUT2D eigenvalue weighted by Crippen LogP contribution is 2.47. The van der Waals surface area contributed by atoms with Gasteiger partial charge in [-0.15, -0.1) is 0 Å². The normalized spacial score (nSPS) is 38.3. The van der Waals surface area contributed by atoms with E-state index in [0.717, 1.165) is 7.48 Å². The Bertz CT molecular complexity index is 365. The van der Waals surface area contributed by atoms with Crippen molar-refractivity contribution in [3.63, 3.8) is 0 Å². The van der Waals surface area contributed by atoms with Crippen LogP contribution < -0.4 is 11.1 Å². The smallest absolute Gasteiger partial charge is 0.324 e. The summed E-state index contributed by atoms with van der Waals surface area (Å²) in [7, 11) is 1.07. The van der Waals surface area contributed by atoms with Gasteiger partial charge in [0.2, 0.25) is 5.91 Å². The fraction of sp³-hybridized carbons (Fsp3) is 0.818. The standard InChI is InChI=1S/C11H18BN2O4/c13-11(10(16)17)4-6-7(5-14-9(6)15)8(11)2-1-3-12-18/h6-8,18H,1-5,13H2,(H,14,15)(H,16,17)/t6-,7-,8+,11+/m1/s1. The Balaban J connectivity index is 2.15. The molecule has 4 atom stereocenters. The molecule has 18 heavy (non-hydrogen) atoms. The summed E-state index contributed by atoms with van der Waals surface area (Å²) in [5.41, 5.74) is 4.73. The molecule has 1 saturated carbocycles. The summed E-state index contributed by atoms with van der Waals surface area (Å²) in [5, 5.41) is 20.8. The molecule has 5 N–H and O–H groups in total. The quantitative estimate of drug-likeness (QED) is 0.369. The van der Waals surface area contributed by atoms with Crippen molar-refractivity contribution in [2.45, 2.75) is 31.1 Å². The summed E-state index contributed by atoms with van der Waals surface area (Å²) < 4.78 is 0. The molecule has 0 aromatic rings. The third-order valence-corrected chi connectivity index (χ3v) is 4.35. The zero-order chi connectivity index (χ0) is 13.3. The van der Waals surface area contributed by atoms with Crippen LogP contribution in [-0.4, -0.2) is 41.6 Å². The SMILES string of the molecule is N[C@@]1(C(=O)O)C[C@H]2C(=O)NC[C@H]2[C@@H]1CCC[B]O. The summed E-state index contributed by atoms with van der Waals surface area (Å²) in [6.07, 6.45) is 2.04. The van der Waals surface area contributed by atoms with Crippen LogP contribution in [0.2, 0.25) is 6.32 Å². The van der Waals surface area contributed by atoms with Gasteiger partial charge < -0.3 is 21.2 Å². The van der Waals surface area contributed by atoms with E-state index in [4.69, 9.17) is 10.8 Å². The van der Waals surface area contributed by atoms with Gasteiger partial charge in [-0.25, -0.2) is 0 Å². The van der Waals surface area contributed by atoms with Gasteiger partial charge in [-0.05, 0) is 24.7 Å². The maximum Gasteiger partial charge on any atom is 0.324 e. The summed E-state index contributed by atoms with van der Waals surface area (Å²) in [6, 6.07) is 0. The highest BCUT2D eigenvalue weighted by Gasteiger charge is 2.59. The molecule has 2 rings (SSSR count). The molecule has 7 heteroatoms. The van der Waals surface area contributed by atoms with Crippen LogP contribution >= 0.6 is 0 Å². The molecule has 1 saturated heterocycles. The lowest BCUT2D eigenvalue weighted by atomic mass is 9.78. The van der Waals surface area contributed by atoms with Gasteiger partial charge in [0.15, 0.2) is 0 Å². The number of aliphatic carboxylic acids is 1. The topological polar surface area (TPSA) is 113 Å². The fourth-order valence-electron chi connectivity index (χ4n) is 3.40. The number of fused-ring (bicyclic) bond motifs is 1. The number of carbonyl (C=O) groups excluding carboxylic acids is 1. The summed E-state index contributed by atoms with van der Waals surface area (Å²) in [5.74, 6) is -1.57. The molecule has 99 valence electrons. The highest BCUT2D eigenvalue weighted by atomic mass is 16.4. The molecule has 1 amide bonds. The lowest BCUT2D eigenvalue weighted by Gasteiger charge is -2.29. The van der Waals surface area contributed by atoms with E-state index in [1.54, 1.807) is 0 Å². The second-order valence-electron chi connectivity index (χ2n) is 5.29. The van der Waals surface area contributed by atoms with Crippen LogP contribution in [0.3, 0.4) is 0 Å². The van der Waals surface area contributed by atoms with Crippen molar-refractivity contribution in [1.82, 2.24) is 5.32 Å². The van der Waals surface area contributed by atoms with Crippen molar-refractivity contribution in [2.24, 2.45) is 23.5 Å². The summed E-state index contributed by atoms with van der Waals surface area (Å²) in [6.45, 7) is 0.517. The van der Waals surface area contributed by atoms with Crippen LogP contribution in [0.5, 0.6) is 0 Å². The average Bonchev–Trinajstić information content (AvgIpc) is 2.80. The molecule has 0 bridgehead atoms. The minimum atomic E-state index is -1.30. The molecule has 6 nitrogen and oxygen atoms in total. The van der Waals surface area contributed by atoms with Crippen LogP contribution in [0.4, 0.5) is 0 Å². The number of carbonyl (C=O) groups is 2. The lowest BCUT2D eigenvalue weighted by molar-refractivity contribution is -0.145. The maximum absolute atomic E-state index is 11.6. The Kier molecular flexibility index (Phi) is 3.63. The van der Waals surface area contributed by atoms with Crippen molar-refractivity contribution < 1.29 is 19.7 Å². The number of nitrogens with two attached hydrogens (primary N) is 1. The van der Waals surface area contributed by atoms with Crippen molar-refractivity contribution in [1.29, 1.82) is 0 Å². The third kappa shape index (κ3) is 2.01. The molecular weight excluding hydrogens is 235 g/mol. The molecule has 2 aliphatic rings. The number of carboxylic acid groups (broad SMARTS) is 1. The molecule has 2 fully saturated rings. The second-order valence-corrected chi connectivity index (χ2v) is 5.29. The van der Waals surface area contributed by atoms with Crippen molar-refractivity contribution >= 4 is 19.4 Å². The van der Waals surface area contributed by atoms with Crippen LogP contribution in [0.1, 0.15) is 19.3 Å². The van der Waals surface area contributed by atoms with E-state index in [1.807, 2.05) is 0 Å². The van der Waals surface area contributed by atoms with Gasteiger partial charge in [-0.1, -0.05) is 12.7 Å². The average molecular weight is 253 g/mol. The second kappa shape index (κ2) is 4.89. The Morgan fingerprint density at radius 2 is 2.33 bits per heavy atom. The molecule has 1 radical (unpaired) electrons. The molecule has 0 aromatic heterocycles. The molecule has 0 spiro atoms. The number of hydrogen-bond acceptors (Lipinski definition) is 4. The largest absolute Gasteiger partial charge is 0.480 e. The molecule has 1 aliphatic carbocycles. The third-order valence-electron chi connectivity index (χ3n) is 4.35. The van der Waals surface area contributed by atoms with Gasteiger partial charge in [-0.2, -0.15) is 0 Å². The number of nitrogens with one attached hydrogen (secondary N) is 1. The first-order valence-corrected chi connectivity index (χ1v) is 6.26. The minimum Gasteiger partial charge on any atom is -0.480 e. The first-order valence-electron chi connectivity index (χ1n) is 6.26. The number of carboxylic acids is 1. The van der Waals surface area contributed by atoms with Gasteiger partial charge in [0.25, 0.3) is 7.48 Å². The van der Waals surface area contributed by atoms with Gasteiger partial charge in [0, 0.05) is 12.5 Å². The summed E-state index contributed by atoms with van der Waals surface area (Å²) >= 11 is 0. The van der Waals surface area contributed by atoms with Gasteiger partial charge in [0.1, 0.15) is 5.54 Å². The predicted octanol–water partition coefficient (Wildman–Crippen LogP) is -1.04. The molecule has 0 aromatic carbocycles. The first kappa shape index (κ1) is 13.4. The van der Waals surface area contributed by atoms with E-state index < -0.39 is 11.5 Å². The van der Waals surface area contributed by atoms with E-state index in [9.17, 15) is 14.7 Å². The van der Waals surface area contributed by atoms with Crippen LogP contribution in [0.15, 0.2) is 0 Å². The number of rotatable bonds is 5. The van der Waals surface area contributed by atoms with Gasteiger partial charge in [-0.3, -0.25) is 9.59 Å². The van der Waals surface area contributed by atoms with Crippen molar-refractivity contribution in [3.05, 3.63) is 0 Å². The van der Waals surface area contributed by atoms with Gasteiger partial charge >= 0.3 is 5.97 Å². The zero-order valence-electron chi connectivity index (χ0n) is 10.1. The van der Waals surface area contributed by atoms with Crippen LogP contribution in [0.25, 0.3) is 0 Å². The van der Waals surface area contributed by atoms with E-state index in [1.165, 1.54) is 0 Å². The Hall–Kier alpha value is -1.08. The van der Waals surface area contributed by atoms with E-state index in [0.29, 0.717) is 25.7 Å². The molecular formula is C11H18BN2O4. The summed E-state index contributed by atoms with van der Waals surface area (Å²) in [4.78, 5) is 23.0. The maximum atomic E-state index is 11.6. The Morgan fingerprint density at radius 1 is 1.61 bits per heavy atom. The van der Waals surface area contributed by atoms with Gasteiger partial charge in [0.05, 0.1) is 0 Å². The molecule has 0 unspecified atom stereocenters. The predicted molar refractivity (Wildman–Crippen MR) is 64.7 cm³/mol. The fourth-order valence-corrected chi connectivity index (χ4v) is 3.40. The highest BCUT2D eigenvalue weighted by molar-refractivity contribution is 6.25. The van der Waals surface area contributed by atoms with E-state index in [-0.39, 0.29) is 30.1 Å². The first-order chi connectivity index (χ1) is 8.50. The van der Waals surface area contributed by atoms with Crippen molar-refractivity contribution in [3.8, 4) is 0 Å². The van der Waals surface area contributed by atoms with Crippen LogP contribution in [-0.2, 0) is 9.59 Å². The minimum absolute atomic E-state index is 0.0114. The van der Waals surface area contributed by atoms with E-state index in [2.05, 4.69) is 5.32 Å². The lowest BCUT2D eigenvalue weighted by Crippen LogP contribution is -2.53.